The summed E-state index contributed by atoms with van der Waals surface area (Å²) in [5, 5.41) is 6.24. The van der Waals surface area contributed by atoms with E-state index < -0.39 is 0 Å². The Morgan fingerprint density at radius 2 is 1.77 bits per heavy atom. The molecule has 1 fully saturated rings. The number of benzene rings is 2. The third-order valence-corrected chi connectivity index (χ3v) is 5.04. The van der Waals surface area contributed by atoms with Crippen molar-refractivity contribution in [3.63, 3.8) is 0 Å². The fraction of sp³-hybridized carbons (Fsp3) is 0.391. The maximum atomic E-state index is 12.2. The zero-order valence-electron chi connectivity index (χ0n) is 18.2. The topological polar surface area (TPSA) is 69.2 Å². The Morgan fingerprint density at radius 3 is 2.45 bits per heavy atom. The molecule has 1 aliphatic heterocycles. The Morgan fingerprint density at radius 1 is 1.03 bits per heavy atom. The van der Waals surface area contributed by atoms with Crippen LogP contribution < -0.4 is 20.3 Å². The van der Waals surface area contributed by atoms with Gasteiger partial charge in [-0.2, -0.15) is 0 Å². The molecule has 1 amide bonds. The van der Waals surface area contributed by atoms with Gasteiger partial charge in [0.05, 0.1) is 7.11 Å². The zero-order chi connectivity index (χ0) is 21.2. The zero-order valence-corrected chi connectivity index (χ0v) is 20.5. The van der Waals surface area contributed by atoms with Gasteiger partial charge in [0.15, 0.2) is 5.96 Å². The van der Waals surface area contributed by atoms with E-state index in [9.17, 15) is 4.79 Å². The Bertz CT molecular complexity index is 839. The van der Waals surface area contributed by atoms with Crippen LogP contribution in [-0.4, -0.2) is 63.1 Å². The first-order chi connectivity index (χ1) is 14.7. The number of halogens is 1. The van der Waals surface area contributed by atoms with Gasteiger partial charge >= 0.3 is 0 Å². The molecule has 3 rings (SSSR count). The highest BCUT2D eigenvalue weighted by atomic mass is 127. The molecular weight excluding hydrogens is 505 g/mol. The molecule has 7 nitrogen and oxygen atoms in total. The van der Waals surface area contributed by atoms with E-state index in [1.54, 1.807) is 7.11 Å². The fourth-order valence-corrected chi connectivity index (χ4v) is 3.41. The molecule has 0 radical (unpaired) electrons. The van der Waals surface area contributed by atoms with E-state index in [0.717, 1.165) is 55.7 Å². The molecule has 0 atom stereocenters. The Balaban J connectivity index is 0.00000341. The van der Waals surface area contributed by atoms with Gasteiger partial charge in [0.1, 0.15) is 12.3 Å². The fourth-order valence-electron chi connectivity index (χ4n) is 3.41. The summed E-state index contributed by atoms with van der Waals surface area (Å²) in [6.07, 6.45) is 0. The number of rotatable bonds is 7. The highest BCUT2D eigenvalue weighted by molar-refractivity contribution is 14.0. The van der Waals surface area contributed by atoms with Gasteiger partial charge in [0.25, 0.3) is 0 Å². The average molecular weight is 537 g/mol. The number of nitrogens with zero attached hydrogens (tertiary/aromatic N) is 3. The number of amides is 1. The van der Waals surface area contributed by atoms with Crippen molar-refractivity contribution in [2.24, 2.45) is 4.99 Å². The molecule has 0 saturated carbocycles. The normalized spacial score (nSPS) is 13.9. The molecule has 1 aliphatic rings. The Hall–Kier alpha value is -2.49. The number of hydrogen-bond donors (Lipinski definition) is 2. The molecule has 1 saturated heterocycles. The van der Waals surface area contributed by atoms with Crippen LogP contribution >= 0.6 is 24.0 Å². The minimum absolute atomic E-state index is 0. The van der Waals surface area contributed by atoms with Gasteiger partial charge in [0.2, 0.25) is 5.91 Å². The van der Waals surface area contributed by atoms with Gasteiger partial charge in [-0.15, -0.1) is 24.0 Å². The van der Waals surface area contributed by atoms with Crippen LogP contribution in [0.2, 0.25) is 0 Å². The van der Waals surface area contributed by atoms with E-state index >= 15 is 0 Å². The maximum Gasteiger partial charge on any atom is 0.242 e. The van der Waals surface area contributed by atoms with E-state index in [1.165, 1.54) is 0 Å². The first-order valence-corrected chi connectivity index (χ1v) is 10.4. The summed E-state index contributed by atoms with van der Waals surface area (Å²) in [6, 6.07) is 18.0. The molecule has 0 spiro atoms. The van der Waals surface area contributed by atoms with Gasteiger partial charge in [-0.25, -0.2) is 4.99 Å². The van der Waals surface area contributed by atoms with E-state index in [0.29, 0.717) is 6.54 Å². The van der Waals surface area contributed by atoms with Crippen LogP contribution in [-0.2, 0) is 11.3 Å². The van der Waals surface area contributed by atoms with Gasteiger partial charge in [-0.3, -0.25) is 4.79 Å². The molecule has 1 heterocycles. The summed E-state index contributed by atoms with van der Waals surface area (Å²) in [6.45, 7) is 6.90. The third-order valence-electron chi connectivity index (χ3n) is 5.04. The molecule has 31 heavy (non-hydrogen) atoms. The molecule has 0 bridgehead atoms. The second-order valence-electron chi connectivity index (χ2n) is 7.11. The maximum absolute atomic E-state index is 12.2. The summed E-state index contributed by atoms with van der Waals surface area (Å²) in [4.78, 5) is 21.3. The monoisotopic (exact) mass is 537 g/mol. The minimum Gasteiger partial charge on any atom is -0.497 e. The summed E-state index contributed by atoms with van der Waals surface area (Å²) >= 11 is 0. The van der Waals surface area contributed by atoms with Crippen LogP contribution in [0.4, 0.5) is 5.69 Å². The predicted molar refractivity (Wildman–Crippen MR) is 136 cm³/mol. The lowest BCUT2D eigenvalue weighted by molar-refractivity contribution is -0.119. The van der Waals surface area contributed by atoms with Crippen molar-refractivity contribution < 1.29 is 9.53 Å². The lowest BCUT2D eigenvalue weighted by Gasteiger charge is -2.37. The van der Waals surface area contributed by atoms with Crippen molar-refractivity contribution in [3.8, 4) is 5.75 Å². The predicted octanol–water partition coefficient (Wildman–Crippen LogP) is 2.72. The van der Waals surface area contributed by atoms with Gasteiger partial charge in [-0.1, -0.05) is 36.4 Å². The van der Waals surface area contributed by atoms with Crippen LogP contribution in [0.25, 0.3) is 0 Å². The van der Waals surface area contributed by atoms with Crippen LogP contribution in [0, 0.1) is 0 Å². The average Bonchev–Trinajstić information content (AvgIpc) is 2.81. The Kier molecular flexibility index (Phi) is 10.4. The quantitative estimate of drug-likeness (QED) is 0.323. The van der Waals surface area contributed by atoms with Crippen molar-refractivity contribution >= 4 is 41.5 Å². The van der Waals surface area contributed by atoms with E-state index in [1.807, 2.05) is 49.4 Å². The van der Waals surface area contributed by atoms with Crippen molar-refractivity contribution in [2.75, 3.05) is 51.3 Å². The highest BCUT2D eigenvalue weighted by Gasteiger charge is 2.20. The molecule has 2 aromatic rings. The van der Waals surface area contributed by atoms with Crippen LogP contribution in [0.5, 0.6) is 5.75 Å². The van der Waals surface area contributed by atoms with E-state index in [-0.39, 0.29) is 36.4 Å². The number of hydrogen-bond acceptors (Lipinski definition) is 4. The number of carbonyl (C=O) groups excluding carboxylic acids is 1. The number of ether oxygens (including phenoxy) is 1. The smallest absolute Gasteiger partial charge is 0.242 e. The number of piperazine rings is 1. The molecule has 0 aliphatic carbocycles. The lowest BCUT2D eigenvalue weighted by atomic mass is 10.2. The molecule has 2 aromatic carbocycles. The Labute approximate surface area is 201 Å². The second-order valence-corrected chi connectivity index (χ2v) is 7.11. The van der Waals surface area contributed by atoms with Crippen molar-refractivity contribution in [2.45, 2.75) is 13.5 Å². The lowest BCUT2D eigenvalue weighted by Crippen LogP contribution is -2.52. The molecule has 0 aromatic heterocycles. The highest BCUT2D eigenvalue weighted by Crippen LogP contribution is 2.22. The third kappa shape index (κ3) is 7.61. The second kappa shape index (κ2) is 13.0. The van der Waals surface area contributed by atoms with Gasteiger partial charge in [-0.05, 0) is 24.6 Å². The van der Waals surface area contributed by atoms with Gasteiger partial charge in [0, 0.05) is 51.0 Å². The number of nitrogens with one attached hydrogen (secondary N) is 2. The number of aliphatic imine (C=N–C) groups is 1. The SMILES string of the molecule is CCNC(=NCC(=O)NCc1ccccc1)N1CCN(c2cccc(OC)c2)CC1.I. The first-order valence-electron chi connectivity index (χ1n) is 10.4. The molecule has 0 unspecified atom stereocenters. The standard InChI is InChI=1S/C23H31N5O2.HI/c1-3-24-23(26-18-22(29)25-17-19-8-5-4-6-9-19)28-14-12-27(13-15-28)20-10-7-11-21(16-20)30-2;/h4-11,16H,3,12-15,17-18H2,1-2H3,(H,24,26)(H,25,29);1H. The van der Waals surface area contributed by atoms with Crippen molar-refractivity contribution in [1.29, 1.82) is 0 Å². The number of methoxy groups -OCH3 is 1. The van der Waals surface area contributed by atoms with Crippen LogP contribution in [0.3, 0.4) is 0 Å². The molecule has 2 N–H and O–H groups in total. The number of anilines is 1. The summed E-state index contributed by atoms with van der Waals surface area (Å²) in [5.41, 5.74) is 2.24. The first kappa shape index (κ1) is 24.8. The van der Waals surface area contributed by atoms with E-state index in [4.69, 9.17) is 4.74 Å². The summed E-state index contributed by atoms with van der Waals surface area (Å²) in [7, 11) is 1.69. The number of guanidine groups is 1. The van der Waals surface area contributed by atoms with Gasteiger partial charge < -0.3 is 25.2 Å². The largest absolute Gasteiger partial charge is 0.497 e. The molecular formula is C23H32IN5O2. The van der Waals surface area contributed by atoms with Crippen molar-refractivity contribution in [1.82, 2.24) is 15.5 Å². The molecule has 168 valence electrons. The number of carbonyl (C=O) groups is 1. The summed E-state index contributed by atoms with van der Waals surface area (Å²) < 4.78 is 5.34. The minimum atomic E-state index is -0.0794. The van der Waals surface area contributed by atoms with Crippen LogP contribution in [0.15, 0.2) is 59.6 Å². The van der Waals surface area contributed by atoms with Crippen molar-refractivity contribution in [3.05, 3.63) is 60.2 Å². The summed E-state index contributed by atoms with van der Waals surface area (Å²) in [5.74, 6) is 1.58. The van der Waals surface area contributed by atoms with E-state index in [2.05, 4.69) is 37.6 Å². The van der Waals surface area contributed by atoms with Crippen LogP contribution in [0.1, 0.15) is 12.5 Å². The molecule has 8 heteroatoms.